The van der Waals surface area contributed by atoms with E-state index in [4.69, 9.17) is 0 Å². The van der Waals surface area contributed by atoms with Crippen molar-refractivity contribution in [1.29, 1.82) is 0 Å². The third-order valence-electron chi connectivity index (χ3n) is 5.73. The van der Waals surface area contributed by atoms with Crippen molar-refractivity contribution in [1.82, 2.24) is 20.4 Å². The third kappa shape index (κ3) is 6.48. The van der Waals surface area contributed by atoms with Crippen LogP contribution in [0, 0.1) is 0 Å². The van der Waals surface area contributed by atoms with Crippen LogP contribution in [0.15, 0.2) is 30.3 Å². The molecule has 4 amide bonds. The number of rotatable bonds is 6. The van der Waals surface area contributed by atoms with Crippen molar-refractivity contribution < 1.29 is 14.4 Å². The fourth-order valence-corrected chi connectivity index (χ4v) is 4.01. The van der Waals surface area contributed by atoms with Crippen molar-refractivity contribution in [3.05, 3.63) is 35.9 Å². The standard InChI is InChI=1S/C22H32N4O3/c27-20(12-7-13-23-22(29)24-19-10-5-2-6-11-19)25-14-16-26(17-15-25)21(28)18-8-3-1-4-9-18/h1,3-4,8-9,19H,2,5-7,10-17H2,(H2,23,24,29). The Balaban J connectivity index is 1.29. The molecule has 1 saturated carbocycles. The normalized spacial score (nSPS) is 17.7. The zero-order valence-electron chi connectivity index (χ0n) is 17.1. The van der Waals surface area contributed by atoms with Crippen molar-refractivity contribution in [2.45, 2.75) is 51.0 Å². The average Bonchev–Trinajstić information content (AvgIpc) is 2.77. The molecule has 7 nitrogen and oxygen atoms in total. The number of amides is 4. The minimum atomic E-state index is -0.127. The summed E-state index contributed by atoms with van der Waals surface area (Å²) in [6.07, 6.45) is 6.79. The fraction of sp³-hybridized carbons (Fsp3) is 0.591. The molecule has 3 rings (SSSR count). The predicted molar refractivity (Wildman–Crippen MR) is 112 cm³/mol. The van der Waals surface area contributed by atoms with E-state index in [0.717, 1.165) is 12.8 Å². The van der Waals surface area contributed by atoms with E-state index < -0.39 is 0 Å². The number of hydrogen-bond acceptors (Lipinski definition) is 3. The molecule has 1 aromatic carbocycles. The molecule has 1 aliphatic carbocycles. The van der Waals surface area contributed by atoms with Gasteiger partial charge in [0.25, 0.3) is 5.91 Å². The number of nitrogens with one attached hydrogen (secondary N) is 2. The molecule has 0 bridgehead atoms. The van der Waals surface area contributed by atoms with Gasteiger partial charge in [0.1, 0.15) is 0 Å². The number of urea groups is 1. The second-order valence-electron chi connectivity index (χ2n) is 7.88. The van der Waals surface area contributed by atoms with Crippen LogP contribution in [0.1, 0.15) is 55.3 Å². The van der Waals surface area contributed by atoms with Gasteiger partial charge in [-0.15, -0.1) is 0 Å². The molecular weight excluding hydrogens is 368 g/mol. The summed E-state index contributed by atoms with van der Waals surface area (Å²) in [5.74, 6) is 0.108. The first-order valence-corrected chi connectivity index (χ1v) is 10.8. The first-order valence-electron chi connectivity index (χ1n) is 10.8. The summed E-state index contributed by atoms with van der Waals surface area (Å²) in [5, 5.41) is 5.87. The Morgan fingerprint density at radius 3 is 2.24 bits per heavy atom. The molecule has 0 aromatic heterocycles. The van der Waals surface area contributed by atoms with Crippen molar-refractivity contribution in [2.24, 2.45) is 0 Å². The monoisotopic (exact) mass is 400 g/mol. The minimum Gasteiger partial charge on any atom is -0.339 e. The highest BCUT2D eigenvalue weighted by molar-refractivity contribution is 5.94. The van der Waals surface area contributed by atoms with Crippen LogP contribution < -0.4 is 10.6 Å². The zero-order chi connectivity index (χ0) is 20.5. The van der Waals surface area contributed by atoms with E-state index >= 15 is 0 Å². The van der Waals surface area contributed by atoms with Crippen LogP contribution in [0.3, 0.4) is 0 Å². The van der Waals surface area contributed by atoms with Crippen LogP contribution in [-0.2, 0) is 4.79 Å². The molecule has 158 valence electrons. The fourth-order valence-electron chi connectivity index (χ4n) is 4.01. The molecule has 2 aliphatic rings. The predicted octanol–water partition coefficient (Wildman–Crippen LogP) is 2.38. The lowest BCUT2D eigenvalue weighted by Crippen LogP contribution is -2.50. The summed E-state index contributed by atoms with van der Waals surface area (Å²) in [4.78, 5) is 40.4. The number of carbonyl (C=O) groups excluding carboxylic acids is 3. The zero-order valence-corrected chi connectivity index (χ0v) is 17.1. The first-order chi connectivity index (χ1) is 14.1. The highest BCUT2D eigenvalue weighted by Gasteiger charge is 2.24. The summed E-state index contributed by atoms with van der Waals surface area (Å²) in [6.45, 7) is 2.74. The summed E-state index contributed by atoms with van der Waals surface area (Å²) in [6, 6.07) is 9.40. The number of hydrogen-bond donors (Lipinski definition) is 2. The lowest BCUT2D eigenvalue weighted by molar-refractivity contribution is -0.132. The second kappa shape index (κ2) is 10.8. The van der Waals surface area contributed by atoms with E-state index in [0.29, 0.717) is 57.2 Å². The summed E-state index contributed by atoms with van der Waals surface area (Å²) >= 11 is 0. The molecule has 2 fully saturated rings. The molecule has 0 radical (unpaired) electrons. The average molecular weight is 401 g/mol. The van der Waals surface area contributed by atoms with Crippen LogP contribution in [0.25, 0.3) is 0 Å². The van der Waals surface area contributed by atoms with Gasteiger partial charge in [-0.25, -0.2) is 4.79 Å². The largest absolute Gasteiger partial charge is 0.339 e. The lowest BCUT2D eigenvalue weighted by atomic mass is 9.96. The molecule has 7 heteroatoms. The Kier molecular flexibility index (Phi) is 7.90. The van der Waals surface area contributed by atoms with Gasteiger partial charge < -0.3 is 20.4 Å². The van der Waals surface area contributed by atoms with Crippen LogP contribution in [0.5, 0.6) is 0 Å². The SMILES string of the molecule is O=C(NCCCC(=O)N1CCN(C(=O)c2ccccc2)CC1)NC1CCCCC1. The molecule has 1 aliphatic heterocycles. The maximum atomic E-state index is 12.5. The Hall–Kier alpha value is -2.57. The minimum absolute atomic E-state index is 0.0193. The van der Waals surface area contributed by atoms with Crippen molar-refractivity contribution in [3.8, 4) is 0 Å². The summed E-state index contributed by atoms with van der Waals surface area (Å²) in [5.41, 5.74) is 0.685. The van der Waals surface area contributed by atoms with E-state index in [1.54, 1.807) is 4.90 Å². The van der Waals surface area contributed by atoms with Gasteiger partial charge in [-0.2, -0.15) is 0 Å². The van der Waals surface area contributed by atoms with Crippen LogP contribution in [0.2, 0.25) is 0 Å². The van der Waals surface area contributed by atoms with E-state index in [-0.39, 0.29) is 17.8 Å². The quantitative estimate of drug-likeness (QED) is 0.720. The molecule has 1 saturated heterocycles. The first kappa shape index (κ1) is 21.1. The van der Waals surface area contributed by atoms with Crippen molar-refractivity contribution in [3.63, 3.8) is 0 Å². The van der Waals surface area contributed by atoms with Crippen LogP contribution in [-0.4, -0.2) is 66.4 Å². The topological polar surface area (TPSA) is 81.8 Å². The highest BCUT2D eigenvalue weighted by Crippen LogP contribution is 2.17. The maximum Gasteiger partial charge on any atom is 0.315 e. The van der Waals surface area contributed by atoms with Crippen LogP contribution in [0.4, 0.5) is 4.79 Å². The van der Waals surface area contributed by atoms with E-state index in [1.807, 2.05) is 35.2 Å². The van der Waals surface area contributed by atoms with Gasteiger partial charge in [-0.05, 0) is 31.4 Å². The van der Waals surface area contributed by atoms with Gasteiger partial charge in [-0.1, -0.05) is 37.5 Å². The third-order valence-corrected chi connectivity index (χ3v) is 5.73. The summed E-state index contributed by atoms with van der Waals surface area (Å²) < 4.78 is 0. The second-order valence-corrected chi connectivity index (χ2v) is 7.88. The Morgan fingerprint density at radius 1 is 0.897 bits per heavy atom. The smallest absolute Gasteiger partial charge is 0.315 e. The van der Waals surface area contributed by atoms with E-state index in [1.165, 1.54) is 19.3 Å². The van der Waals surface area contributed by atoms with Gasteiger partial charge >= 0.3 is 6.03 Å². The van der Waals surface area contributed by atoms with Gasteiger partial charge in [0.15, 0.2) is 0 Å². The van der Waals surface area contributed by atoms with Crippen LogP contribution >= 0.6 is 0 Å². The van der Waals surface area contributed by atoms with E-state index in [2.05, 4.69) is 10.6 Å². The molecule has 2 N–H and O–H groups in total. The van der Waals surface area contributed by atoms with Crippen molar-refractivity contribution >= 4 is 17.8 Å². The highest BCUT2D eigenvalue weighted by atomic mass is 16.2. The Labute approximate surface area is 172 Å². The molecule has 0 spiro atoms. The molecule has 1 aromatic rings. The summed E-state index contributed by atoms with van der Waals surface area (Å²) in [7, 11) is 0. The molecule has 29 heavy (non-hydrogen) atoms. The van der Waals surface area contributed by atoms with E-state index in [9.17, 15) is 14.4 Å². The van der Waals surface area contributed by atoms with Gasteiger partial charge in [0, 0.05) is 50.7 Å². The molecule has 0 atom stereocenters. The molecule has 0 unspecified atom stereocenters. The number of nitrogens with zero attached hydrogens (tertiary/aromatic N) is 2. The van der Waals surface area contributed by atoms with Gasteiger partial charge in [-0.3, -0.25) is 9.59 Å². The Bertz CT molecular complexity index is 681. The van der Waals surface area contributed by atoms with Gasteiger partial charge in [0.05, 0.1) is 0 Å². The number of benzene rings is 1. The Morgan fingerprint density at radius 2 is 1.55 bits per heavy atom. The maximum absolute atomic E-state index is 12.5. The number of carbonyl (C=O) groups is 3. The molecular formula is C22H32N4O3. The number of piperazine rings is 1. The molecule has 1 heterocycles. The van der Waals surface area contributed by atoms with Crippen molar-refractivity contribution in [2.75, 3.05) is 32.7 Å². The lowest BCUT2D eigenvalue weighted by Gasteiger charge is -2.35. The van der Waals surface area contributed by atoms with Gasteiger partial charge in [0.2, 0.25) is 5.91 Å².